The Hall–Kier alpha value is -2.61. The molecule has 0 radical (unpaired) electrons. The van der Waals surface area contributed by atoms with Crippen LogP contribution in [0.2, 0.25) is 0 Å². The van der Waals surface area contributed by atoms with Crippen LogP contribution in [0.25, 0.3) is 0 Å². The van der Waals surface area contributed by atoms with Gasteiger partial charge in [-0.1, -0.05) is 29.5 Å². The molecule has 8 heteroatoms. The van der Waals surface area contributed by atoms with Gasteiger partial charge in [-0.25, -0.2) is 4.98 Å². The first kappa shape index (κ1) is 22.1. The average Bonchev–Trinajstić information content (AvgIpc) is 3.29. The second kappa shape index (κ2) is 11.0. The van der Waals surface area contributed by atoms with Gasteiger partial charge in [-0.15, -0.1) is 0 Å². The maximum atomic E-state index is 12.7. The van der Waals surface area contributed by atoms with Gasteiger partial charge in [0.25, 0.3) is 5.91 Å². The second-order valence-corrected chi connectivity index (χ2v) is 8.23. The summed E-state index contributed by atoms with van der Waals surface area (Å²) >= 11 is 1.37. The Morgan fingerprint density at radius 1 is 1.27 bits per heavy atom. The SMILES string of the molecule is CCN(CC)C(=O)C1CCCN(c2ncc(C(=O)NCCOc3ccccc3)s2)C1. The van der Waals surface area contributed by atoms with Gasteiger partial charge in [0.15, 0.2) is 5.13 Å². The molecule has 1 saturated heterocycles. The van der Waals surface area contributed by atoms with Crippen molar-refractivity contribution >= 4 is 28.3 Å². The molecule has 1 aliphatic rings. The fraction of sp³-hybridized carbons (Fsp3) is 0.500. The summed E-state index contributed by atoms with van der Waals surface area (Å²) < 4.78 is 5.59. The van der Waals surface area contributed by atoms with Crippen LogP contribution in [0.1, 0.15) is 36.4 Å². The normalized spacial score (nSPS) is 16.2. The number of rotatable bonds is 9. The fourth-order valence-electron chi connectivity index (χ4n) is 3.60. The van der Waals surface area contributed by atoms with E-state index in [0.717, 1.165) is 43.4 Å². The summed E-state index contributed by atoms with van der Waals surface area (Å²) in [5.41, 5.74) is 0. The molecule has 1 atom stereocenters. The van der Waals surface area contributed by atoms with Crippen LogP contribution in [0, 0.1) is 5.92 Å². The Morgan fingerprint density at radius 3 is 2.77 bits per heavy atom. The summed E-state index contributed by atoms with van der Waals surface area (Å²) in [6, 6.07) is 9.52. The molecule has 1 aromatic heterocycles. The predicted molar refractivity (Wildman–Crippen MR) is 119 cm³/mol. The summed E-state index contributed by atoms with van der Waals surface area (Å²) in [6.07, 6.45) is 3.48. The fourth-order valence-corrected chi connectivity index (χ4v) is 4.47. The highest BCUT2D eigenvalue weighted by Crippen LogP contribution is 2.28. The lowest BCUT2D eigenvalue weighted by Crippen LogP contribution is -2.44. The molecule has 1 aromatic carbocycles. The highest BCUT2D eigenvalue weighted by molar-refractivity contribution is 7.17. The van der Waals surface area contributed by atoms with Crippen molar-refractivity contribution in [1.82, 2.24) is 15.2 Å². The number of hydrogen-bond acceptors (Lipinski definition) is 6. The third kappa shape index (κ3) is 5.72. The van der Waals surface area contributed by atoms with Crippen LogP contribution in [-0.2, 0) is 4.79 Å². The Balaban J connectivity index is 1.49. The standard InChI is InChI=1S/C22H30N4O3S/c1-3-25(4-2)21(28)17-9-8-13-26(16-17)22-24-15-19(30-22)20(27)23-12-14-29-18-10-6-5-7-11-18/h5-7,10-11,15,17H,3-4,8-9,12-14,16H2,1-2H3,(H,23,27). The molecule has 7 nitrogen and oxygen atoms in total. The van der Waals surface area contributed by atoms with E-state index >= 15 is 0 Å². The number of amides is 2. The lowest BCUT2D eigenvalue weighted by atomic mass is 9.97. The number of thiazole rings is 1. The van der Waals surface area contributed by atoms with E-state index in [9.17, 15) is 9.59 Å². The van der Waals surface area contributed by atoms with Gasteiger partial charge in [-0.2, -0.15) is 0 Å². The van der Waals surface area contributed by atoms with Gasteiger partial charge in [0.1, 0.15) is 17.2 Å². The van der Waals surface area contributed by atoms with Gasteiger partial charge in [0, 0.05) is 26.2 Å². The molecule has 2 heterocycles. The number of ether oxygens (including phenoxy) is 1. The van der Waals surface area contributed by atoms with Gasteiger partial charge < -0.3 is 19.9 Å². The molecule has 1 fully saturated rings. The van der Waals surface area contributed by atoms with E-state index < -0.39 is 0 Å². The van der Waals surface area contributed by atoms with E-state index in [2.05, 4.69) is 15.2 Å². The van der Waals surface area contributed by atoms with Crippen LogP contribution in [0.3, 0.4) is 0 Å². The summed E-state index contributed by atoms with van der Waals surface area (Å²) in [5, 5.41) is 3.67. The third-order valence-electron chi connectivity index (χ3n) is 5.23. The summed E-state index contributed by atoms with van der Waals surface area (Å²) in [4.78, 5) is 34.2. The molecule has 162 valence electrons. The second-order valence-electron chi connectivity index (χ2n) is 7.22. The van der Waals surface area contributed by atoms with Crippen molar-refractivity contribution in [2.24, 2.45) is 5.92 Å². The van der Waals surface area contributed by atoms with E-state index in [1.165, 1.54) is 11.3 Å². The highest BCUT2D eigenvalue weighted by Gasteiger charge is 2.29. The number of hydrogen-bond donors (Lipinski definition) is 1. The smallest absolute Gasteiger partial charge is 0.263 e. The lowest BCUT2D eigenvalue weighted by molar-refractivity contribution is -0.135. The van der Waals surface area contributed by atoms with Gasteiger partial charge in [-0.3, -0.25) is 9.59 Å². The predicted octanol–water partition coefficient (Wildman–Crippen LogP) is 3.04. The van der Waals surface area contributed by atoms with Crippen molar-refractivity contribution in [1.29, 1.82) is 0 Å². The van der Waals surface area contributed by atoms with Gasteiger partial charge in [-0.05, 0) is 38.8 Å². The molecule has 2 amide bonds. The number of benzene rings is 1. The molecular formula is C22H30N4O3S. The molecule has 2 aromatic rings. The minimum absolute atomic E-state index is 0.00466. The van der Waals surface area contributed by atoms with Gasteiger partial charge >= 0.3 is 0 Å². The van der Waals surface area contributed by atoms with Gasteiger partial charge in [0.05, 0.1) is 18.7 Å². The molecule has 0 bridgehead atoms. The number of anilines is 1. The van der Waals surface area contributed by atoms with Crippen LogP contribution in [0.15, 0.2) is 36.5 Å². The van der Waals surface area contributed by atoms with Crippen molar-refractivity contribution in [3.8, 4) is 5.75 Å². The number of carbonyl (C=O) groups excluding carboxylic acids is 2. The number of para-hydroxylation sites is 1. The molecule has 30 heavy (non-hydrogen) atoms. The van der Waals surface area contributed by atoms with E-state index in [-0.39, 0.29) is 17.7 Å². The Morgan fingerprint density at radius 2 is 2.03 bits per heavy atom. The zero-order valence-electron chi connectivity index (χ0n) is 17.7. The van der Waals surface area contributed by atoms with Crippen LogP contribution in [-0.4, -0.2) is 61.0 Å². The quantitative estimate of drug-likeness (QED) is 0.619. The topological polar surface area (TPSA) is 74.8 Å². The molecule has 1 N–H and O–H groups in total. The van der Waals surface area contributed by atoms with Crippen molar-refractivity contribution < 1.29 is 14.3 Å². The number of nitrogens with one attached hydrogen (secondary N) is 1. The van der Waals surface area contributed by atoms with Crippen LogP contribution in [0.4, 0.5) is 5.13 Å². The van der Waals surface area contributed by atoms with Crippen LogP contribution >= 0.6 is 11.3 Å². The molecule has 0 saturated carbocycles. The van der Waals surface area contributed by atoms with E-state index in [4.69, 9.17) is 4.74 Å². The maximum absolute atomic E-state index is 12.7. The molecular weight excluding hydrogens is 400 g/mol. The minimum Gasteiger partial charge on any atom is -0.492 e. The van der Waals surface area contributed by atoms with Gasteiger partial charge in [0.2, 0.25) is 5.91 Å². The monoisotopic (exact) mass is 430 g/mol. The number of carbonyl (C=O) groups is 2. The lowest BCUT2D eigenvalue weighted by Gasteiger charge is -2.34. The molecule has 0 aliphatic carbocycles. The third-order valence-corrected chi connectivity index (χ3v) is 6.29. The molecule has 1 aliphatic heterocycles. The van der Waals surface area contributed by atoms with Crippen molar-refractivity contribution in [2.75, 3.05) is 44.2 Å². The number of nitrogens with zero attached hydrogens (tertiary/aromatic N) is 3. The molecule has 3 rings (SSSR count). The van der Waals surface area contributed by atoms with E-state index in [0.29, 0.717) is 24.6 Å². The Labute approximate surface area is 182 Å². The summed E-state index contributed by atoms with van der Waals surface area (Å²) in [7, 11) is 0. The summed E-state index contributed by atoms with van der Waals surface area (Å²) in [6.45, 7) is 7.85. The Bertz CT molecular complexity index is 823. The molecule has 1 unspecified atom stereocenters. The maximum Gasteiger partial charge on any atom is 0.263 e. The van der Waals surface area contributed by atoms with E-state index in [1.807, 2.05) is 49.1 Å². The molecule has 0 spiro atoms. The summed E-state index contributed by atoms with van der Waals surface area (Å²) in [5.74, 6) is 0.849. The van der Waals surface area contributed by atoms with Crippen molar-refractivity contribution in [3.63, 3.8) is 0 Å². The minimum atomic E-state index is -0.150. The largest absolute Gasteiger partial charge is 0.492 e. The zero-order valence-corrected chi connectivity index (χ0v) is 18.5. The Kier molecular flexibility index (Phi) is 8.07. The van der Waals surface area contributed by atoms with Crippen molar-refractivity contribution in [3.05, 3.63) is 41.4 Å². The zero-order chi connectivity index (χ0) is 21.3. The highest BCUT2D eigenvalue weighted by atomic mass is 32.1. The van der Waals surface area contributed by atoms with Crippen LogP contribution in [0.5, 0.6) is 5.75 Å². The average molecular weight is 431 g/mol. The van der Waals surface area contributed by atoms with Crippen molar-refractivity contribution in [2.45, 2.75) is 26.7 Å². The first-order chi connectivity index (χ1) is 14.6. The first-order valence-corrected chi connectivity index (χ1v) is 11.4. The number of aromatic nitrogens is 1. The van der Waals surface area contributed by atoms with E-state index in [1.54, 1.807) is 6.20 Å². The number of piperidine rings is 1. The van der Waals surface area contributed by atoms with Crippen LogP contribution < -0.4 is 15.0 Å². The first-order valence-electron chi connectivity index (χ1n) is 10.6.